The van der Waals surface area contributed by atoms with Crippen LogP contribution in [0, 0.1) is 47.3 Å². The zero-order chi connectivity index (χ0) is 19.7. The van der Waals surface area contributed by atoms with Crippen LogP contribution in [-0.2, 0) is 19.1 Å². The van der Waals surface area contributed by atoms with Crippen LogP contribution < -0.4 is 0 Å². The van der Waals surface area contributed by atoms with Crippen LogP contribution in [0.15, 0.2) is 12.2 Å². The van der Waals surface area contributed by atoms with Crippen molar-refractivity contribution in [2.75, 3.05) is 0 Å². The number of carbonyl (C=O) groups is 2. The Morgan fingerprint density at radius 2 is 1.41 bits per heavy atom. The number of hydrogen-bond acceptors (Lipinski definition) is 4. The summed E-state index contributed by atoms with van der Waals surface area (Å²) in [5, 5.41) is 0. The lowest BCUT2D eigenvalue weighted by Crippen LogP contribution is -2.44. The van der Waals surface area contributed by atoms with E-state index in [4.69, 9.17) is 9.47 Å². The molecule has 4 nitrogen and oxygen atoms in total. The van der Waals surface area contributed by atoms with Crippen molar-refractivity contribution in [3.8, 4) is 0 Å². The quantitative estimate of drug-likeness (QED) is 0.418. The van der Waals surface area contributed by atoms with Gasteiger partial charge in [-0.3, -0.25) is 9.59 Å². The maximum absolute atomic E-state index is 13.1. The summed E-state index contributed by atoms with van der Waals surface area (Å²) in [7, 11) is 0. The van der Waals surface area contributed by atoms with Crippen molar-refractivity contribution in [2.24, 2.45) is 47.3 Å². The average molecular weight is 375 g/mol. The lowest BCUT2D eigenvalue weighted by molar-refractivity contribution is -0.168. The van der Waals surface area contributed by atoms with Crippen LogP contribution in [0.3, 0.4) is 0 Å². The molecule has 0 radical (unpaired) electrons. The molecule has 0 aromatic rings. The van der Waals surface area contributed by atoms with Crippen LogP contribution in [0.5, 0.6) is 0 Å². The molecule has 4 rings (SSSR count). The molecule has 0 N–H and O–H groups in total. The van der Waals surface area contributed by atoms with Crippen LogP contribution in [0.1, 0.15) is 60.8 Å². The third-order valence-electron chi connectivity index (χ3n) is 7.09. The molecule has 4 heteroatoms. The molecule has 0 aromatic carbocycles. The summed E-state index contributed by atoms with van der Waals surface area (Å²) in [5.41, 5.74) is -0.989. The fourth-order valence-corrected chi connectivity index (χ4v) is 6.74. The highest BCUT2D eigenvalue weighted by Gasteiger charge is 2.66. The summed E-state index contributed by atoms with van der Waals surface area (Å²) in [6, 6.07) is 0. The fraction of sp³-hybridized carbons (Fsp3) is 0.826. The van der Waals surface area contributed by atoms with Gasteiger partial charge in [-0.05, 0) is 95.8 Å². The normalized spacial score (nSPS) is 41.7. The van der Waals surface area contributed by atoms with Gasteiger partial charge in [-0.2, -0.15) is 0 Å². The Labute approximate surface area is 163 Å². The van der Waals surface area contributed by atoms with Crippen molar-refractivity contribution in [3.63, 3.8) is 0 Å². The molecule has 4 bridgehead atoms. The maximum atomic E-state index is 13.1. The van der Waals surface area contributed by atoms with E-state index >= 15 is 0 Å². The number of esters is 2. The predicted octanol–water partition coefficient (Wildman–Crippen LogP) is 4.38. The molecule has 4 aliphatic carbocycles. The predicted molar refractivity (Wildman–Crippen MR) is 103 cm³/mol. The first-order valence-electron chi connectivity index (χ1n) is 10.6. The van der Waals surface area contributed by atoms with E-state index in [1.807, 2.05) is 41.5 Å². The van der Waals surface area contributed by atoms with Crippen LogP contribution in [0.25, 0.3) is 0 Å². The van der Waals surface area contributed by atoms with Crippen LogP contribution >= 0.6 is 0 Å². The Kier molecular flexibility index (Phi) is 4.29. The van der Waals surface area contributed by atoms with Crippen molar-refractivity contribution in [2.45, 2.75) is 72.0 Å². The summed E-state index contributed by atoms with van der Waals surface area (Å²) in [6.07, 6.45) is 7.41. The third kappa shape index (κ3) is 3.34. The smallest absolute Gasteiger partial charge is 0.310 e. The minimum Gasteiger partial charge on any atom is -0.460 e. The summed E-state index contributed by atoms with van der Waals surface area (Å²) in [6.45, 7) is 11.5. The summed E-state index contributed by atoms with van der Waals surface area (Å²) >= 11 is 0. The molecular weight excluding hydrogens is 340 g/mol. The molecular formula is C23H34O4. The van der Waals surface area contributed by atoms with E-state index in [9.17, 15) is 9.59 Å². The summed E-state index contributed by atoms with van der Waals surface area (Å²) in [4.78, 5) is 25.7. The van der Waals surface area contributed by atoms with Crippen molar-refractivity contribution in [1.82, 2.24) is 0 Å². The number of carbonyl (C=O) groups excluding carboxylic acids is 2. The van der Waals surface area contributed by atoms with Gasteiger partial charge < -0.3 is 9.47 Å². The molecule has 3 saturated carbocycles. The van der Waals surface area contributed by atoms with Crippen LogP contribution in [0.4, 0.5) is 0 Å². The Hall–Kier alpha value is -1.32. The van der Waals surface area contributed by atoms with Gasteiger partial charge in [-0.1, -0.05) is 12.2 Å². The van der Waals surface area contributed by atoms with Gasteiger partial charge in [0.2, 0.25) is 0 Å². The molecule has 0 aromatic heterocycles. The van der Waals surface area contributed by atoms with Crippen molar-refractivity contribution >= 4 is 11.9 Å². The molecule has 4 aliphatic rings. The Morgan fingerprint density at radius 1 is 0.852 bits per heavy atom. The molecule has 0 heterocycles. The minimum absolute atomic E-state index is 0.0636. The van der Waals surface area contributed by atoms with E-state index < -0.39 is 11.2 Å². The SMILES string of the molecule is CC(C)(C)OC(=O)CC1C2CC(C1C(=O)OC(C)(C)C)C1C3C=CC(C3)C21. The number of ether oxygens (including phenoxy) is 2. The van der Waals surface area contributed by atoms with E-state index in [-0.39, 0.29) is 23.8 Å². The molecule has 0 aliphatic heterocycles. The molecule has 0 spiro atoms. The molecule has 0 amide bonds. The van der Waals surface area contributed by atoms with Crippen LogP contribution in [0.2, 0.25) is 0 Å². The van der Waals surface area contributed by atoms with Gasteiger partial charge in [0.1, 0.15) is 11.2 Å². The van der Waals surface area contributed by atoms with E-state index in [0.29, 0.717) is 41.9 Å². The third-order valence-corrected chi connectivity index (χ3v) is 7.09. The second-order valence-corrected chi connectivity index (χ2v) is 11.2. The number of rotatable bonds is 3. The fourth-order valence-electron chi connectivity index (χ4n) is 6.74. The monoisotopic (exact) mass is 374 g/mol. The van der Waals surface area contributed by atoms with Gasteiger partial charge in [0.25, 0.3) is 0 Å². The highest BCUT2D eigenvalue weighted by Crippen LogP contribution is 2.69. The van der Waals surface area contributed by atoms with Crippen LogP contribution in [-0.4, -0.2) is 23.1 Å². The van der Waals surface area contributed by atoms with Gasteiger partial charge in [0.15, 0.2) is 0 Å². The number of hydrogen-bond donors (Lipinski definition) is 0. The molecule has 150 valence electrons. The standard InChI is InChI=1S/C23H34O4/c1-22(2,3)26-17(24)11-15-14-10-16(20(15)21(25)27-23(4,5)6)19-13-8-7-12(9-13)18(14)19/h7-8,12-16,18-20H,9-11H2,1-6H3. The zero-order valence-corrected chi connectivity index (χ0v) is 17.5. The maximum Gasteiger partial charge on any atom is 0.310 e. The average Bonchev–Trinajstić information content (AvgIpc) is 3.21. The van der Waals surface area contributed by atoms with Gasteiger partial charge in [-0.25, -0.2) is 0 Å². The van der Waals surface area contributed by atoms with E-state index in [1.54, 1.807) is 0 Å². The lowest BCUT2D eigenvalue weighted by atomic mass is 9.64. The first-order chi connectivity index (χ1) is 12.4. The Balaban J connectivity index is 1.58. The molecule has 8 unspecified atom stereocenters. The lowest BCUT2D eigenvalue weighted by Gasteiger charge is -2.41. The second-order valence-electron chi connectivity index (χ2n) is 11.2. The van der Waals surface area contributed by atoms with E-state index in [2.05, 4.69) is 12.2 Å². The van der Waals surface area contributed by atoms with Crippen molar-refractivity contribution in [1.29, 1.82) is 0 Å². The first kappa shape index (κ1) is 19.0. The summed E-state index contributed by atoms with van der Waals surface area (Å²) < 4.78 is 11.4. The number of fused-ring (bicyclic) bond motifs is 9. The van der Waals surface area contributed by atoms with E-state index in [0.717, 1.165) is 6.42 Å². The highest BCUT2D eigenvalue weighted by atomic mass is 16.6. The van der Waals surface area contributed by atoms with Gasteiger partial charge >= 0.3 is 11.9 Å². The van der Waals surface area contributed by atoms with E-state index in [1.165, 1.54) is 6.42 Å². The Morgan fingerprint density at radius 3 is 1.96 bits per heavy atom. The van der Waals surface area contributed by atoms with Crippen molar-refractivity contribution in [3.05, 3.63) is 12.2 Å². The van der Waals surface area contributed by atoms with Gasteiger partial charge in [0, 0.05) is 6.42 Å². The molecule has 8 atom stereocenters. The second kappa shape index (κ2) is 6.09. The highest BCUT2D eigenvalue weighted by molar-refractivity contribution is 5.77. The number of allylic oxidation sites excluding steroid dienone is 2. The molecule has 27 heavy (non-hydrogen) atoms. The zero-order valence-electron chi connectivity index (χ0n) is 17.5. The van der Waals surface area contributed by atoms with Gasteiger partial charge in [-0.15, -0.1) is 0 Å². The minimum atomic E-state index is -0.497. The van der Waals surface area contributed by atoms with Gasteiger partial charge in [0.05, 0.1) is 5.92 Å². The molecule has 0 saturated heterocycles. The van der Waals surface area contributed by atoms with Crippen molar-refractivity contribution < 1.29 is 19.1 Å². The largest absolute Gasteiger partial charge is 0.460 e. The molecule has 3 fully saturated rings. The summed E-state index contributed by atoms with van der Waals surface area (Å²) in [5.74, 6) is 2.97. The Bertz CT molecular complexity index is 665. The topological polar surface area (TPSA) is 52.6 Å². The first-order valence-corrected chi connectivity index (χ1v) is 10.6.